The van der Waals surface area contributed by atoms with Gasteiger partial charge in [-0.3, -0.25) is 4.79 Å². The van der Waals surface area contributed by atoms with Crippen molar-refractivity contribution in [2.75, 3.05) is 20.3 Å². The first-order valence-corrected chi connectivity index (χ1v) is 9.60. The lowest BCUT2D eigenvalue weighted by atomic mass is 10.1. The van der Waals surface area contributed by atoms with Crippen LogP contribution in [0.25, 0.3) is 0 Å². The molecule has 7 nitrogen and oxygen atoms in total. The Labute approximate surface area is 169 Å². The minimum absolute atomic E-state index is 0.192. The normalized spacial score (nSPS) is 11.4. The molecule has 0 fully saturated rings. The zero-order chi connectivity index (χ0) is 20.0. The van der Waals surface area contributed by atoms with E-state index in [2.05, 4.69) is 20.9 Å². The van der Waals surface area contributed by atoms with E-state index in [1.807, 2.05) is 6.07 Å². The van der Waals surface area contributed by atoms with Gasteiger partial charge in [-0.15, -0.1) is 11.3 Å². The number of ether oxygens (including phenoxy) is 3. The van der Waals surface area contributed by atoms with Crippen molar-refractivity contribution in [3.05, 3.63) is 38.3 Å². The van der Waals surface area contributed by atoms with Crippen LogP contribution >= 0.6 is 27.3 Å². The van der Waals surface area contributed by atoms with Crippen molar-refractivity contribution < 1.29 is 23.8 Å². The molecule has 0 aliphatic heterocycles. The number of benzene rings is 1. The number of carbonyl (C=O) groups is 2. The Morgan fingerprint density at radius 1 is 1.41 bits per heavy atom. The van der Waals surface area contributed by atoms with Gasteiger partial charge in [0, 0.05) is 11.1 Å². The lowest BCUT2D eigenvalue weighted by molar-refractivity contribution is -0.122. The summed E-state index contributed by atoms with van der Waals surface area (Å²) in [6, 6.07) is 4.90. The number of rotatable bonds is 8. The van der Waals surface area contributed by atoms with E-state index in [4.69, 9.17) is 14.2 Å². The second-order valence-electron chi connectivity index (χ2n) is 5.35. The molecule has 0 saturated carbocycles. The van der Waals surface area contributed by atoms with Crippen molar-refractivity contribution in [3.63, 3.8) is 0 Å². The van der Waals surface area contributed by atoms with Crippen LogP contribution in [0.15, 0.2) is 22.0 Å². The van der Waals surface area contributed by atoms with Crippen LogP contribution in [0.3, 0.4) is 0 Å². The fourth-order valence-corrected chi connectivity index (χ4v) is 3.68. The van der Waals surface area contributed by atoms with E-state index in [0.717, 1.165) is 5.69 Å². The van der Waals surface area contributed by atoms with Crippen LogP contribution in [0.2, 0.25) is 0 Å². The summed E-state index contributed by atoms with van der Waals surface area (Å²) in [5, 5.41) is 11.4. The number of carbonyl (C=O) groups excluding carboxylic acids is 2. The predicted octanol–water partition coefficient (Wildman–Crippen LogP) is 3.65. The standard InChI is InChI=1S/C18H17BrN2O5S/c1-4-25-15-6-11(5-13(19)16(15)24-3)18(23)26-8-14(22)12(7-20)17-21-10(2)9-27-17/h5-6,9,12H,4,8H2,1-3H3/t12-/m1/s1. The van der Waals surface area contributed by atoms with Gasteiger partial charge in [0.05, 0.1) is 29.8 Å². The molecular weight excluding hydrogens is 436 g/mol. The quantitative estimate of drug-likeness (QED) is 0.563. The van der Waals surface area contributed by atoms with E-state index in [9.17, 15) is 14.9 Å². The number of nitrogens with zero attached hydrogens (tertiary/aromatic N) is 2. The number of hydrogen-bond donors (Lipinski definition) is 0. The summed E-state index contributed by atoms with van der Waals surface area (Å²) in [5.41, 5.74) is 0.920. The zero-order valence-electron chi connectivity index (χ0n) is 14.9. The average Bonchev–Trinajstić information content (AvgIpc) is 3.06. The first-order valence-electron chi connectivity index (χ1n) is 7.93. The summed E-state index contributed by atoms with van der Waals surface area (Å²) >= 11 is 4.54. The van der Waals surface area contributed by atoms with Crippen molar-refractivity contribution in [1.82, 2.24) is 4.98 Å². The van der Waals surface area contributed by atoms with Gasteiger partial charge in [-0.2, -0.15) is 5.26 Å². The molecule has 0 unspecified atom stereocenters. The fraction of sp³-hybridized carbons (Fsp3) is 0.333. The second kappa shape index (κ2) is 9.48. The number of aryl methyl sites for hydroxylation is 1. The fourth-order valence-electron chi connectivity index (χ4n) is 2.22. The van der Waals surface area contributed by atoms with E-state index in [0.29, 0.717) is 27.6 Å². The maximum atomic E-state index is 12.3. The third kappa shape index (κ3) is 5.05. The van der Waals surface area contributed by atoms with Gasteiger partial charge in [-0.25, -0.2) is 9.78 Å². The highest BCUT2D eigenvalue weighted by Crippen LogP contribution is 2.36. The second-order valence-corrected chi connectivity index (χ2v) is 7.10. The molecule has 0 saturated heterocycles. The SMILES string of the molecule is CCOc1cc(C(=O)OCC(=O)[C@@H](C#N)c2nc(C)cs2)cc(Br)c1OC. The number of methoxy groups -OCH3 is 1. The number of hydrogen-bond acceptors (Lipinski definition) is 8. The van der Waals surface area contributed by atoms with E-state index in [1.165, 1.54) is 30.6 Å². The molecule has 1 aromatic heterocycles. The molecule has 0 bridgehead atoms. The number of ketones is 1. The maximum absolute atomic E-state index is 12.3. The number of Topliss-reactive ketones (excluding diaryl/α,β-unsaturated/α-hetero) is 1. The summed E-state index contributed by atoms with van der Waals surface area (Å²) in [4.78, 5) is 28.7. The van der Waals surface area contributed by atoms with Gasteiger partial charge < -0.3 is 14.2 Å². The van der Waals surface area contributed by atoms with Gasteiger partial charge in [0.15, 0.2) is 29.8 Å². The van der Waals surface area contributed by atoms with Crippen LogP contribution in [0.4, 0.5) is 0 Å². The molecule has 2 rings (SSSR count). The van der Waals surface area contributed by atoms with E-state index >= 15 is 0 Å². The molecule has 1 heterocycles. The smallest absolute Gasteiger partial charge is 0.338 e. The summed E-state index contributed by atoms with van der Waals surface area (Å²) < 4.78 is 16.3. The molecule has 0 aliphatic rings. The van der Waals surface area contributed by atoms with Crippen molar-refractivity contribution >= 4 is 39.0 Å². The van der Waals surface area contributed by atoms with Crippen LogP contribution in [0.5, 0.6) is 11.5 Å². The lowest BCUT2D eigenvalue weighted by Crippen LogP contribution is -2.20. The van der Waals surface area contributed by atoms with Gasteiger partial charge in [-0.05, 0) is 41.9 Å². The number of nitriles is 1. The number of thiazole rings is 1. The highest BCUT2D eigenvalue weighted by molar-refractivity contribution is 9.10. The van der Waals surface area contributed by atoms with Crippen molar-refractivity contribution in [2.45, 2.75) is 19.8 Å². The Bertz CT molecular complexity index is 890. The third-order valence-corrected chi connectivity index (χ3v) is 5.05. The van der Waals surface area contributed by atoms with Crippen molar-refractivity contribution in [2.24, 2.45) is 0 Å². The highest BCUT2D eigenvalue weighted by atomic mass is 79.9. The van der Waals surface area contributed by atoms with E-state index in [-0.39, 0.29) is 5.56 Å². The van der Waals surface area contributed by atoms with Crippen LogP contribution in [-0.4, -0.2) is 37.1 Å². The summed E-state index contributed by atoms with van der Waals surface area (Å²) in [5.74, 6) is -1.47. The Balaban J connectivity index is 2.11. The maximum Gasteiger partial charge on any atom is 0.338 e. The van der Waals surface area contributed by atoms with Crippen LogP contribution in [-0.2, 0) is 9.53 Å². The molecule has 1 aromatic carbocycles. The largest absolute Gasteiger partial charge is 0.492 e. The van der Waals surface area contributed by atoms with Gasteiger partial charge in [0.25, 0.3) is 0 Å². The Morgan fingerprint density at radius 2 is 2.15 bits per heavy atom. The Hall–Kier alpha value is -2.44. The van der Waals surface area contributed by atoms with Gasteiger partial charge >= 0.3 is 5.97 Å². The molecule has 2 aromatic rings. The summed E-state index contributed by atoms with van der Waals surface area (Å²) in [6.45, 7) is 3.44. The van der Waals surface area contributed by atoms with Crippen molar-refractivity contribution in [3.8, 4) is 17.6 Å². The zero-order valence-corrected chi connectivity index (χ0v) is 17.3. The monoisotopic (exact) mass is 452 g/mol. The Morgan fingerprint density at radius 3 is 2.70 bits per heavy atom. The Kier molecular flexibility index (Phi) is 7.33. The average molecular weight is 453 g/mol. The van der Waals surface area contributed by atoms with Crippen LogP contribution in [0, 0.1) is 18.3 Å². The van der Waals surface area contributed by atoms with E-state index < -0.39 is 24.3 Å². The number of esters is 1. The van der Waals surface area contributed by atoms with Gasteiger partial charge in [0.1, 0.15) is 5.01 Å². The predicted molar refractivity (Wildman–Crippen MR) is 102 cm³/mol. The molecular formula is C18H17BrN2O5S. The minimum Gasteiger partial charge on any atom is -0.492 e. The first kappa shape index (κ1) is 20.9. The summed E-state index contributed by atoms with van der Waals surface area (Å²) in [7, 11) is 1.49. The molecule has 0 N–H and O–H groups in total. The molecule has 9 heteroatoms. The number of halogens is 1. The molecule has 0 amide bonds. The molecule has 0 spiro atoms. The van der Waals surface area contributed by atoms with Gasteiger partial charge in [0.2, 0.25) is 0 Å². The molecule has 0 radical (unpaired) electrons. The molecule has 142 valence electrons. The topological polar surface area (TPSA) is 98.5 Å². The van der Waals surface area contributed by atoms with Crippen LogP contribution < -0.4 is 9.47 Å². The number of aromatic nitrogens is 1. The van der Waals surface area contributed by atoms with Gasteiger partial charge in [-0.1, -0.05) is 0 Å². The molecule has 1 atom stereocenters. The highest BCUT2D eigenvalue weighted by Gasteiger charge is 2.25. The van der Waals surface area contributed by atoms with E-state index in [1.54, 1.807) is 19.2 Å². The lowest BCUT2D eigenvalue weighted by Gasteiger charge is -2.13. The van der Waals surface area contributed by atoms with Crippen LogP contribution in [0.1, 0.15) is 33.9 Å². The summed E-state index contributed by atoms with van der Waals surface area (Å²) in [6.07, 6.45) is 0. The third-order valence-electron chi connectivity index (χ3n) is 3.43. The first-order chi connectivity index (χ1) is 12.9. The van der Waals surface area contributed by atoms with Crippen molar-refractivity contribution in [1.29, 1.82) is 5.26 Å². The molecule has 27 heavy (non-hydrogen) atoms. The minimum atomic E-state index is -1.06. The molecule has 0 aliphatic carbocycles.